The number of rotatable bonds is 7. The molecule has 5 heteroatoms. The lowest BCUT2D eigenvalue weighted by Crippen LogP contribution is -2.17. The Labute approximate surface area is 122 Å². The third kappa shape index (κ3) is 5.09. The second kappa shape index (κ2) is 8.03. The van der Waals surface area contributed by atoms with Crippen molar-refractivity contribution in [1.82, 2.24) is 0 Å². The fourth-order valence-electron chi connectivity index (χ4n) is 1.73. The topological polar surface area (TPSA) is 68.3 Å². The number of nitriles is 1. The van der Waals surface area contributed by atoms with Gasteiger partial charge >= 0.3 is 0 Å². The maximum atomic E-state index is 8.49. The Hall–Kier alpha value is -1.25. The molecule has 1 rings (SSSR count). The molecule has 19 heavy (non-hydrogen) atoms. The van der Waals surface area contributed by atoms with E-state index in [9.17, 15) is 0 Å². The van der Waals surface area contributed by atoms with Gasteiger partial charge in [0.15, 0.2) is 11.5 Å². The van der Waals surface area contributed by atoms with Crippen molar-refractivity contribution < 1.29 is 9.47 Å². The highest BCUT2D eigenvalue weighted by Gasteiger charge is 2.12. The average molecular weight is 327 g/mol. The molecule has 0 radical (unpaired) electrons. The summed E-state index contributed by atoms with van der Waals surface area (Å²) in [7, 11) is 1.61. The van der Waals surface area contributed by atoms with Gasteiger partial charge in [0, 0.05) is 12.5 Å². The van der Waals surface area contributed by atoms with E-state index in [4.69, 9.17) is 20.5 Å². The van der Waals surface area contributed by atoms with Gasteiger partial charge in [-0.2, -0.15) is 5.26 Å². The van der Waals surface area contributed by atoms with Crippen molar-refractivity contribution in [2.75, 3.05) is 13.7 Å². The van der Waals surface area contributed by atoms with Crippen LogP contribution in [0, 0.1) is 11.3 Å². The standard InChI is InChI=1S/C14H19BrN2O2/c1-10(17)7-11-8-12(15)14(13(9-11)18-2)19-6-4-3-5-16/h8-10H,3-4,6-7,17H2,1-2H3. The first-order valence-corrected chi connectivity index (χ1v) is 6.99. The number of benzene rings is 1. The molecule has 2 N–H and O–H groups in total. The average Bonchev–Trinajstić information content (AvgIpc) is 2.35. The predicted octanol–water partition coefficient (Wildman–Crippen LogP) is 3.03. The van der Waals surface area contributed by atoms with Gasteiger partial charge in [0.2, 0.25) is 0 Å². The minimum absolute atomic E-state index is 0.0963. The summed E-state index contributed by atoms with van der Waals surface area (Å²) in [4.78, 5) is 0. The molecule has 0 saturated heterocycles. The van der Waals surface area contributed by atoms with Gasteiger partial charge in [-0.25, -0.2) is 0 Å². The van der Waals surface area contributed by atoms with Crippen LogP contribution in [0.25, 0.3) is 0 Å². The van der Waals surface area contributed by atoms with Gasteiger partial charge in [0.05, 0.1) is 24.3 Å². The lowest BCUT2D eigenvalue weighted by molar-refractivity contribution is 0.288. The fourth-order valence-corrected chi connectivity index (χ4v) is 2.33. The molecule has 0 aliphatic heterocycles. The number of unbranched alkanes of at least 4 members (excludes halogenated alkanes) is 1. The van der Waals surface area contributed by atoms with Gasteiger partial charge in [0.1, 0.15) is 0 Å². The molecule has 0 heterocycles. The maximum absolute atomic E-state index is 8.49. The number of ether oxygens (including phenoxy) is 2. The first kappa shape index (κ1) is 15.8. The first-order chi connectivity index (χ1) is 9.08. The molecule has 1 aromatic rings. The van der Waals surface area contributed by atoms with E-state index in [0.29, 0.717) is 30.9 Å². The summed E-state index contributed by atoms with van der Waals surface area (Å²) >= 11 is 3.49. The molecule has 0 aliphatic rings. The summed E-state index contributed by atoms with van der Waals surface area (Å²) < 4.78 is 11.9. The second-order valence-corrected chi connectivity index (χ2v) is 5.25. The Morgan fingerprint density at radius 1 is 1.47 bits per heavy atom. The minimum Gasteiger partial charge on any atom is -0.493 e. The van der Waals surface area contributed by atoms with E-state index in [-0.39, 0.29) is 6.04 Å². The normalized spacial score (nSPS) is 11.7. The number of methoxy groups -OCH3 is 1. The second-order valence-electron chi connectivity index (χ2n) is 4.40. The van der Waals surface area contributed by atoms with Crippen molar-refractivity contribution in [2.24, 2.45) is 5.73 Å². The minimum atomic E-state index is 0.0963. The molecule has 1 aromatic carbocycles. The van der Waals surface area contributed by atoms with Crippen LogP contribution in [0.4, 0.5) is 0 Å². The predicted molar refractivity (Wildman–Crippen MR) is 78.4 cm³/mol. The Kier molecular flexibility index (Phi) is 6.68. The van der Waals surface area contributed by atoms with Crippen LogP contribution in [0.2, 0.25) is 0 Å². The molecule has 0 aliphatic carbocycles. The van der Waals surface area contributed by atoms with Crippen molar-refractivity contribution in [3.05, 3.63) is 22.2 Å². The van der Waals surface area contributed by atoms with Gasteiger partial charge < -0.3 is 15.2 Å². The Morgan fingerprint density at radius 3 is 2.79 bits per heavy atom. The van der Waals surface area contributed by atoms with E-state index in [1.54, 1.807) is 7.11 Å². The largest absolute Gasteiger partial charge is 0.493 e. The van der Waals surface area contributed by atoms with Gasteiger partial charge in [-0.1, -0.05) is 0 Å². The number of nitrogens with zero attached hydrogens (tertiary/aromatic N) is 1. The van der Waals surface area contributed by atoms with Crippen LogP contribution >= 0.6 is 15.9 Å². The van der Waals surface area contributed by atoms with E-state index in [2.05, 4.69) is 22.0 Å². The summed E-state index contributed by atoms with van der Waals surface area (Å²) in [6.45, 7) is 2.46. The third-order valence-electron chi connectivity index (χ3n) is 2.53. The number of nitrogens with two attached hydrogens (primary N) is 1. The highest BCUT2D eigenvalue weighted by atomic mass is 79.9. The molecule has 4 nitrogen and oxygen atoms in total. The van der Waals surface area contributed by atoms with E-state index in [1.807, 2.05) is 19.1 Å². The van der Waals surface area contributed by atoms with E-state index in [1.165, 1.54) is 0 Å². The van der Waals surface area contributed by atoms with Crippen LogP contribution in [0.1, 0.15) is 25.3 Å². The first-order valence-electron chi connectivity index (χ1n) is 6.20. The van der Waals surface area contributed by atoms with Gasteiger partial charge in [-0.3, -0.25) is 0 Å². The summed E-state index contributed by atoms with van der Waals surface area (Å²) in [5.41, 5.74) is 6.90. The van der Waals surface area contributed by atoms with Crippen LogP contribution in [0.5, 0.6) is 11.5 Å². The Morgan fingerprint density at radius 2 is 2.21 bits per heavy atom. The number of hydrogen-bond acceptors (Lipinski definition) is 4. The van der Waals surface area contributed by atoms with E-state index < -0.39 is 0 Å². The molecule has 0 spiro atoms. The molecule has 0 bridgehead atoms. The molecule has 0 saturated carbocycles. The molecular weight excluding hydrogens is 308 g/mol. The molecule has 0 amide bonds. The Balaban J connectivity index is 2.83. The van der Waals surface area contributed by atoms with Crippen molar-refractivity contribution in [3.63, 3.8) is 0 Å². The third-order valence-corrected chi connectivity index (χ3v) is 3.12. The lowest BCUT2D eigenvalue weighted by atomic mass is 10.1. The van der Waals surface area contributed by atoms with Crippen molar-refractivity contribution in [3.8, 4) is 17.6 Å². The van der Waals surface area contributed by atoms with Crippen LogP contribution in [-0.2, 0) is 6.42 Å². The maximum Gasteiger partial charge on any atom is 0.175 e. The van der Waals surface area contributed by atoms with Gasteiger partial charge in [-0.15, -0.1) is 0 Å². The van der Waals surface area contributed by atoms with E-state index in [0.717, 1.165) is 16.5 Å². The molecule has 0 fully saturated rings. The number of halogens is 1. The van der Waals surface area contributed by atoms with Crippen LogP contribution in [0.15, 0.2) is 16.6 Å². The summed E-state index contributed by atoms with van der Waals surface area (Å²) in [5.74, 6) is 1.36. The van der Waals surface area contributed by atoms with Crippen molar-refractivity contribution in [1.29, 1.82) is 5.26 Å². The van der Waals surface area contributed by atoms with Crippen molar-refractivity contribution >= 4 is 15.9 Å². The van der Waals surface area contributed by atoms with Crippen LogP contribution < -0.4 is 15.2 Å². The smallest absolute Gasteiger partial charge is 0.175 e. The van der Waals surface area contributed by atoms with Crippen LogP contribution in [-0.4, -0.2) is 19.8 Å². The highest BCUT2D eigenvalue weighted by molar-refractivity contribution is 9.10. The molecule has 1 atom stereocenters. The van der Waals surface area contributed by atoms with Gasteiger partial charge in [-0.05, 0) is 53.4 Å². The summed E-state index contributed by atoms with van der Waals surface area (Å²) in [6.07, 6.45) is 1.97. The lowest BCUT2D eigenvalue weighted by Gasteiger charge is -2.15. The molecule has 104 valence electrons. The van der Waals surface area contributed by atoms with Crippen LogP contribution in [0.3, 0.4) is 0 Å². The zero-order valence-corrected chi connectivity index (χ0v) is 12.9. The van der Waals surface area contributed by atoms with E-state index >= 15 is 0 Å². The quantitative estimate of drug-likeness (QED) is 0.782. The Bertz CT molecular complexity index is 455. The van der Waals surface area contributed by atoms with Gasteiger partial charge in [0.25, 0.3) is 0 Å². The monoisotopic (exact) mass is 326 g/mol. The van der Waals surface area contributed by atoms with Crippen molar-refractivity contribution in [2.45, 2.75) is 32.2 Å². The fraction of sp³-hybridized carbons (Fsp3) is 0.500. The highest BCUT2D eigenvalue weighted by Crippen LogP contribution is 2.37. The summed E-state index contributed by atoms with van der Waals surface area (Å²) in [6, 6.07) is 6.12. The SMILES string of the molecule is COc1cc(CC(C)N)cc(Br)c1OCCCC#N. The summed E-state index contributed by atoms with van der Waals surface area (Å²) in [5, 5.41) is 8.49. The molecule has 0 aromatic heterocycles. The zero-order chi connectivity index (χ0) is 14.3. The number of hydrogen-bond donors (Lipinski definition) is 1. The zero-order valence-electron chi connectivity index (χ0n) is 11.3. The molecule has 1 unspecified atom stereocenters. The molecular formula is C14H19BrN2O2.